The Bertz CT molecular complexity index is 276. The second-order valence-corrected chi connectivity index (χ2v) is 6.04. The first-order chi connectivity index (χ1) is 7.92. The molecular formula is C12H20N2OS. The topological polar surface area (TPSA) is 33.6 Å². The van der Waals surface area contributed by atoms with Gasteiger partial charge in [0.2, 0.25) is 0 Å². The zero-order valence-electron chi connectivity index (χ0n) is 9.65. The van der Waals surface area contributed by atoms with E-state index in [1.165, 1.54) is 30.2 Å². The lowest BCUT2D eigenvalue weighted by molar-refractivity contribution is 0.0826. The van der Waals surface area contributed by atoms with E-state index in [0.29, 0.717) is 12.1 Å². The number of aliphatic imine (C=N–C) groups is 1. The van der Waals surface area contributed by atoms with Crippen LogP contribution < -0.4 is 5.32 Å². The van der Waals surface area contributed by atoms with E-state index >= 15 is 0 Å². The first kappa shape index (κ1) is 10.9. The third-order valence-electron chi connectivity index (χ3n) is 3.89. The SMILES string of the molecule is C1CC2CSC(NC3CCOCC3)=NC2C1. The summed E-state index contributed by atoms with van der Waals surface area (Å²) < 4.78 is 5.37. The molecule has 0 aromatic rings. The molecule has 3 nitrogen and oxygen atoms in total. The molecule has 1 aliphatic carbocycles. The molecule has 0 radical (unpaired) electrons. The zero-order chi connectivity index (χ0) is 10.8. The molecular weight excluding hydrogens is 220 g/mol. The quantitative estimate of drug-likeness (QED) is 0.761. The number of fused-ring (bicyclic) bond motifs is 1. The van der Waals surface area contributed by atoms with E-state index in [1.54, 1.807) is 0 Å². The van der Waals surface area contributed by atoms with Crippen molar-refractivity contribution in [3.05, 3.63) is 0 Å². The lowest BCUT2D eigenvalue weighted by Crippen LogP contribution is -2.40. The van der Waals surface area contributed by atoms with Crippen molar-refractivity contribution in [1.82, 2.24) is 5.32 Å². The van der Waals surface area contributed by atoms with Crippen LogP contribution in [-0.2, 0) is 4.74 Å². The summed E-state index contributed by atoms with van der Waals surface area (Å²) >= 11 is 1.93. The third kappa shape index (κ3) is 2.38. The van der Waals surface area contributed by atoms with E-state index in [9.17, 15) is 0 Å². The van der Waals surface area contributed by atoms with Gasteiger partial charge in [0.15, 0.2) is 5.17 Å². The summed E-state index contributed by atoms with van der Waals surface area (Å²) in [5.41, 5.74) is 0. The molecule has 0 spiro atoms. The van der Waals surface area contributed by atoms with E-state index in [4.69, 9.17) is 9.73 Å². The second kappa shape index (κ2) is 4.96. The van der Waals surface area contributed by atoms with Crippen molar-refractivity contribution < 1.29 is 4.74 Å². The molecule has 2 atom stereocenters. The van der Waals surface area contributed by atoms with Crippen molar-refractivity contribution in [2.75, 3.05) is 19.0 Å². The number of nitrogens with zero attached hydrogens (tertiary/aromatic N) is 1. The van der Waals surface area contributed by atoms with Crippen molar-refractivity contribution >= 4 is 16.9 Å². The van der Waals surface area contributed by atoms with Gasteiger partial charge in [0.1, 0.15) is 0 Å². The highest BCUT2D eigenvalue weighted by molar-refractivity contribution is 8.13. The average Bonchev–Trinajstić information content (AvgIpc) is 2.77. The summed E-state index contributed by atoms with van der Waals surface area (Å²) in [7, 11) is 0. The maximum Gasteiger partial charge on any atom is 0.157 e. The monoisotopic (exact) mass is 240 g/mol. The van der Waals surface area contributed by atoms with Gasteiger partial charge in [0.05, 0.1) is 6.04 Å². The smallest absolute Gasteiger partial charge is 0.157 e. The number of thioether (sulfide) groups is 1. The summed E-state index contributed by atoms with van der Waals surface area (Å²) in [4.78, 5) is 4.87. The van der Waals surface area contributed by atoms with Crippen LogP contribution in [-0.4, -0.2) is 36.2 Å². The molecule has 0 aromatic heterocycles. The Morgan fingerprint density at radius 3 is 2.94 bits per heavy atom. The van der Waals surface area contributed by atoms with Gasteiger partial charge >= 0.3 is 0 Å². The van der Waals surface area contributed by atoms with Crippen molar-refractivity contribution in [2.45, 2.75) is 44.2 Å². The molecule has 2 unspecified atom stereocenters. The van der Waals surface area contributed by atoms with Crippen LogP contribution in [0.25, 0.3) is 0 Å². The number of hydrogen-bond donors (Lipinski definition) is 1. The van der Waals surface area contributed by atoms with E-state index in [-0.39, 0.29) is 0 Å². The van der Waals surface area contributed by atoms with Gasteiger partial charge in [-0.1, -0.05) is 18.2 Å². The van der Waals surface area contributed by atoms with Gasteiger partial charge in [-0.15, -0.1) is 0 Å². The van der Waals surface area contributed by atoms with Crippen LogP contribution in [0.5, 0.6) is 0 Å². The fourth-order valence-electron chi connectivity index (χ4n) is 2.85. The summed E-state index contributed by atoms with van der Waals surface area (Å²) in [6, 6.07) is 1.22. The van der Waals surface area contributed by atoms with Crippen molar-refractivity contribution in [3.8, 4) is 0 Å². The second-order valence-electron chi connectivity index (χ2n) is 5.03. The Kier molecular flexibility index (Phi) is 3.38. The average molecular weight is 240 g/mol. The van der Waals surface area contributed by atoms with Crippen molar-refractivity contribution in [3.63, 3.8) is 0 Å². The highest BCUT2D eigenvalue weighted by atomic mass is 32.2. The highest BCUT2D eigenvalue weighted by Gasteiger charge is 2.31. The van der Waals surface area contributed by atoms with E-state index < -0.39 is 0 Å². The molecule has 0 amide bonds. The van der Waals surface area contributed by atoms with Gasteiger partial charge in [-0.05, 0) is 31.6 Å². The molecule has 90 valence electrons. The van der Waals surface area contributed by atoms with Crippen LogP contribution in [0, 0.1) is 5.92 Å². The maximum atomic E-state index is 5.37. The van der Waals surface area contributed by atoms with Crippen LogP contribution in [0.15, 0.2) is 4.99 Å². The Hall–Kier alpha value is -0.220. The summed E-state index contributed by atoms with van der Waals surface area (Å²) in [6.07, 6.45) is 6.35. The normalized spacial score (nSPS) is 35.6. The lowest BCUT2D eigenvalue weighted by atomic mass is 10.1. The van der Waals surface area contributed by atoms with Gasteiger partial charge < -0.3 is 10.1 Å². The Labute approximate surface area is 101 Å². The molecule has 2 heterocycles. The van der Waals surface area contributed by atoms with Crippen LogP contribution in [0.2, 0.25) is 0 Å². The van der Waals surface area contributed by atoms with Crippen LogP contribution in [0.3, 0.4) is 0 Å². The van der Waals surface area contributed by atoms with E-state index in [1.807, 2.05) is 11.8 Å². The number of amidine groups is 1. The van der Waals surface area contributed by atoms with Gasteiger partial charge in [-0.25, -0.2) is 0 Å². The number of rotatable bonds is 1. The summed E-state index contributed by atoms with van der Waals surface area (Å²) in [5, 5.41) is 4.81. The molecule has 3 rings (SSSR count). The minimum atomic E-state index is 0.595. The predicted molar refractivity (Wildman–Crippen MR) is 68.0 cm³/mol. The van der Waals surface area contributed by atoms with Crippen LogP contribution >= 0.6 is 11.8 Å². The van der Waals surface area contributed by atoms with Crippen molar-refractivity contribution in [1.29, 1.82) is 0 Å². The predicted octanol–water partition coefficient (Wildman–Crippen LogP) is 2.03. The first-order valence-electron chi connectivity index (χ1n) is 6.47. The standard InChI is InChI=1S/C12H20N2OS/c1-2-9-8-16-12(14-11(9)3-1)13-10-4-6-15-7-5-10/h9-11H,1-8H2,(H,13,14). The first-order valence-corrected chi connectivity index (χ1v) is 7.45. The van der Waals surface area contributed by atoms with Gasteiger partial charge in [-0.3, -0.25) is 4.99 Å². The largest absolute Gasteiger partial charge is 0.381 e. The van der Waals surface area contributed by atoms with E-state index in [2.05, 4.69) is 5.32 Å². The molecule has 1 saturated carbocycles. The maximum absolute atomic E-state index is 5.37. The molecule has 2 fully saturated rings. The van der Waals surface area contributed by atoms with Crippen LogP contribution in [0.1, 0.15) is 32.1 Å². The zero-order valence-corrected chi connectivity index (χ0v) is 10.5. The number of hydrogen-bond acceptors (Lipinski definition) is 4. The Balaban J connectivity index is 1.57. The molecule has 1 saturated heterocycles. The molecule has 2 aliphatic heterocycles. The molecule has 16 heavy (non-hydrogen) atoms. The third-order valence-corrected chi connectivity index (χ3v) is 4.98. The molecule has 3 aliphatic rings. The Morgan fingerprint density at radius 2 is 2.06 bits per heavy atom. The number of ether oxygens (including phenoxy) is 1. The van der Waals surface area contributed by atoms with E-state index in [0.717, 1.165) is 32.0 Å². The summed E-state index contributed by atoms with van der Waals surface area (Å²) in [6.45, 7) is 1.81. The van der Waals surface area contributed by atoms with Crippen molar-refractivity contribution in [2.24, 2.45) is 10.9 Å². The Morgan fingerprint density at radius 1 is 1.19 bits per heavy atom. The fourth-order valence-corrected chi connectivity index (χ4v) is 4.07. The molecule has 0 bridgehead atoms. The number of nitrogens with one attached hydrogen (secondary N) is 1. The lowest BCUT2D eigenvalue weighted by Gasteiger charge is -2.28. The summed E-state index contributed by atoms with van der Waals surface area (Å²) in [5.74, 6) is 2.14. The van der Waals surface area contributed by atoms with Gasteiger partial charge in [0.25, 0.3) is 0 Å². The minimum Gasteiger partial charge on any atom is -0.381 e. The highest BCUT2D eigenvalue weighted by Crippen LogP contribution is 2.35. The van der Waals surface area contributed by atoms with Gasteiger partial charge in [0, 0.05) is 25.0 Å². The van der Waals surface area contributed by atoms with Crippen LogP contribution in [0.4, 0.5) is 0 Å². The molecule has 1 N–H and O–H groups in total. The van der Waals surface area contributed by atoms with Gasteiger partial charge in [-0.2, -0.15) is 0 Å². The molecule has 0 aromatic carbocycles. The minimum absolute atomic E-state index is 0.595. The molecule has 4 heteroatoms. The fraction of sp³-hybridized carbons (Fsp3) is 0.917.